The lowest BCUT2D eigenvalue weighted by atomic mass is 9.90. The first-order valence-electron chi connectivity index (χ1n) is 8.91. The topological polar surface area (TPSA) is 41.4 Å². The average Bonchev–Trinajstić information content (AvgIpc) is 3.26. The Morgan fingerprint density at radius 1 is 1.11 bits per heavy atom. The van der Waals surface area contributed by atoms with Crippen LogP contribution in [0.1, 0.15) is 27.8 Å². The van der Waals surface area contributed by atoms with E-state index in [9.17, 15) is 18.0 Å². The zero-order valence-corrected chi connectivity index (χ0v) is 16.4. The summed E-state index contributed by atoms with van der Waals surface area (Å²) in [5.74, 6) is 0.159. The van der Waals surface area contributed by atoms with Crippen LogP contribution in [0.5, 0.6) is 0 Å². The van der Waals surface area contributed by atoms with Gasteiger partial charge in [0.05, 0.1) is 0 Å². The molecule has 1 amide bonds. The van der Waals surface area contributed by atoms with Crippen molar-refractivity contribution in [3.63, 3.8) is 0 Å². The Labute approximate surface area is 167 Å². The lowest BCUT2D eigenvalue weighted by Crippen LogP contribution is -2.33. The fraction of sp³-hybridized carbons (Fsp3) is 0.474. The molecule has 3 atom stereocenters. The fourth-order valence-corrected chi connectivity index (χ4v) is 4.57. The molecule has 3 heterocycles. The van der Waals surface area contributed by atoms with E-state index in [0.29, 0.717) is 19.0 Å². The summed E-state index contributed by atoms with van der Waals surface area (Å²) in [4.78, 5) is 16.7. The van der Waals surface area contributed by atoms with Gasteiger partial charge in [-0.2, -0.15) is 18.3 Å². The molecule has 2 aromatic rings. The van der Waals surface area contributed by atoms with E-state index < -0.39 is 17.8 Å². The van der Waals surface area contributed by atoms with Crippen LogP contribution in [-0.4, -0.2) is 52.2 Å². The Hall–Kier alpha value is -2.06. The molecule has 0 saturated carbocycles. The van der Waals surface area contributed by atoms with Gasteiger partial charge in [-0.15, -0.1) is 12.4 Å². The molecule has 1 aromatic heterocycles. The first kappa shape index (κ1) is 20.7. The highest BCUT2D eigenvalue weighted by Crippen LogP contribution is 2.44. The van der Waals surface area contributed by atoms with Gasteiger partial charge in [-0.25, -0.2) is 0 Å². The van der Waals surface area contributed by atoms with Crippen molar-refractivity contribution >= 4 is 18.3 Å². The highest BCUT2D eigenvalue weighted by atomic mass is 35.5. The van der Waals surface area contributed by atoms with Crippen LogP contribution in [0.2, 0.25) is 0 Å². The summed E-state index contributed by atoms with van der Waals surface area (Å²) in [6, 6.07) is 11.2. The number of amides is 1. The van der Waals surface area contributed by atoms with E-state index in [1.54, 1.807) is 4.90 Å². The quantitative estimate of drug-likeness (QED) is 0.757. The highest BCUT2D eigenvalue weighted by molar-refractivity contribution is 5.92. The van der Waals surface area contributed by atoms with Crippen LogP contribution < -0.4 is 0 Å². The first-order valence-corrected chi connectivity index (χ1v) is 8.91. The summed E-state index contributed by atoms with van der Waals surface area (Å²) in [6.45, 7) is 1.95. The molecule has 2 saturated heterocycles. The van der Waals surface area contributed by atoms with Crippen molar-refractivity contribution in [2.45, 2.75) is 12.2 Å². The van der Waals surface area contributed by atoms with Gasteiger partial charge in [-0.1, -0.05) is 30.3 Å². The van der Waals surface area contributed by atoms with Crippen LogP contribution in [-0.2, 0) is 13.2 Å². The normalized spacial score (nSPS) is 24.9. The van der Waals surface area contributed by atoms with Gasteiger partial charge in [0.1, 0.15) is 5.69 Å². The number of fused-ring (bicyclic) bond motifs is 1. The second kappa shape index (κ2) is 7.40. The lowest BCUT2D eigenvalue weighted by molar-refractivity contribution is -0.143. The number of halogens is 4. The Kier molecular flexibility index (Phi) is 5.46. The molecule has 28 heavy (non-hydrogen) atoms. The summed E-state index contributed by atoms with van der Waals surface area (Å²) in [6.07, 6.45) is -4.52. The van der Waals surface area contributed by atoms with Crippen LogP contribution in [0.3, 0.4) is 0 Å². The maximum atomic E-state index is 13.0. The minimum absolute atomic E-state index is 0. The predicted molar refractivity (Wildman–Crippen MR) is 100 cm³/mol. The standard InChI is InChI=1S/C19H21F3N4O.ClH/c1-24-9-13-10-26(11-14(13)17(24)12-6-4-3-5-7-12)18(27)15-8-16(19(20,21)22)25(2)23-15;/h3-8,13-14,17H,9-11H2,1-2H3;1H/t13-,14+,17-;/m0./s1. The van der Waals surface area contributed by atoms with Gasteiger partial charge in [0.2, 0.25) is 0 Å². The number of alkyl halides is 3. The van der Waals surface area contributed by atoms with Gasteiger partial charge in [0.15, 0.2) is 5.69 Å². The van der Waals surface area contributed by atoms with Crippen molar-refractivity contribution in [1.82, 2.24) is 19.6 Å². The zero-order valence-electron chi connectivity index (χ0n) is 15.6. The summed E-state index contributed by atoms with van der Waals surface area (Å²) in [5, 5.41) is 3.80. The summed E-state index contributed by atoms with van der Waals surface area (Å²) in [5.41, 5.74) is 0.153. The Morgan fingerprint density at radius 2 is 1.79 bits per heavy atom. The van der Waals surface area contributed by atoms with Crippen LogP contribution in [0.25, 0.3) is 0 Å². The molecule has 0 bridgehead atoms. The molecule has 0 radical (unpaired) electrons. The van der Waals surface area contributed by atoms with E-state index in [2.05, 4.69) is 29.2 Å². The third-order valence-electron chi connectivity index (χ3n) is 5.71. The third-order valence-corrected chi connectivity index (χ3v) is 5.71. The van der Waals surface area contributed by atoms with Crippen LogP contribution in [0, 0.1) is 11.8 Å². The molecule has 5 nitrogen and oxygen atoms in total. The van der Waals surface area contributed by atoms with Gasteiger partial charge in [0.25, 0.3) is 5.91 Å². The van der Waals surface area contributed by atoms with Gasteiger partial charge in [-0.3, -0.25) is 14.4 Å². The highest BCUT2D eigenvalue weighted by Gasteiger charge is 2.47. The summed E-state index contributed by atoms with van der Waals surface area (Å²) >= 11 is 0. The molecule has 9 heteroatoms. The molecule has 1 aromatic carbocycles. The van der Waals surface area contributed by atoms with E-state index in [0.717, 1.165) is 17.3 Å². The Morgan fingerprint density at radius 3 is 2.39 bits per heavy atom. The van der Waals surface area contributed by atoms with Gasteiger partial charge in [-0.05, 0) is 18.5 Å². The maximum absolute atomic E-state index is 13.0. The predicted octanol–water partition coefficient (Wildman–Crippen LogP) is 3.24. The first-order chi connectivity index (χ1) is 12.8. The average molecular weight is 415 g/mol. The van der Waals surface area contributed by atoms with Gasteiger partial charge in [0, 0.05) is 44.7 Å². The third kappa shape index (κ3) is 3.51. The van der Waals surface area contributed by atoms with E-state index in [4.69, 9.17) is 0 Å². The molecular weight excluding hydrogens is 393 g/mol. The fourth-order valence-electron chi connectivity index (χ4n) is 4.57. The molecule has 0 aliphatic carbocycles. The molecular formula is C19H22ClF3N4O. The monoisotopic (exact) mass is 414 g/mol. The van der Waals surface area contributed by atoms with Crippen molar-refractivity contribution in [3.05, 3.63) is 53.3 Å². The van der Waals surface area contributed by atoms with Gasteiger partial charge < -0.3 is 4.90 Å². The molecule has 0 N–H and O–H groups in total. The number of carbonyl (C=O) groups is 1. The number of rotatable bonds is 2. The van der Waals surface area contributed by atoms with Gasteiger partial charge >= 0.3 is 6.18 Å². The van der Waals surface area contributed by atoms with Crippen LogP contribution in [0.4, 0.5) is 13.2 Å². The molecule has 152 valence electrons. The minimum Gasteiger partial charge on any atom is -0.337 e. The number of benzene rings is 1. The molecule has 4 rings (SSSR count). The minimum atomic E-state index is -4.52. The molecule has 0 unspecified atom stereocenters. The number of hydrogen-bond donors (Lipinski definition) is 0. The SMILES string of the molecule is CN1C[C@H]2CN(C(=O)c3cc(C(F)(F)F)n(C)n3)C[C@H]2[C@@H]1c1ccccc1.Cl. The van der Waals surface area contributed by atoms with Crippen LogP contribution >= 0.6 is 12.4 Å². The molecule has 2 aliphatic heterocycles. The zero-order chi connectivity index (χ0) is 19.3. The second-order valence-electron chi connectivity index (χ2n) is 7.47. The molecule has 2 fully saturated rings. The Balaban J connectivity index is 0.00000225. The molecule has 2 aliphatic rings. The summed E-state index contributed by atoms with van der Waals surface area (Å²) < 4.78 is 39.7. The summed E-state index contributed by atoms with van der Waals surface area (Å²) in [7, 11) is 3.29. The number of hydrogen-bond acceptors (Lipinski definition) is 3. The smallest absolute Gasteiger partial charge is 0.337 e. The van der Waals surface area contributed by atoms with Crippen molar-refractivity contribution in [2.75, 3.05) is 26.7 Å². The largest absolute Gasteiger partial charge is 0.433 e. The second-order valence-corrected chi connectivity index (χ2v) is 7.47. The molecule has 0 spiro atoms. The number of carbonyl (C=O) groups excluding carboxylic acids is 1. The lowest BCUT2D eigenvalue weighted by Gasteiger charge is -2.26. The number of likely N-dealkylation sites (tertiary alicyclic amines) is 2. The van der Waals surface area contributed by atoms with Crippen LogP contribution in [0.15, 0.2) is 36.4 Å². The van der Waals surface area contributed by atoms with E-state index in [-0.39, 0.29) is 30.1 Å². The Bertz CT molecular complexity index is 855. The van der Waals surface area contributed by atoms with Crippen molar-refractivity contribution in [1.29, 1.82) is 0 Å². The number of aromatic nitrogens is 2. The van der Waals surface area contributed by atoms with Crippen molar-refractivity contribution in [3.8, 4) is 0 Å². The van der Waals surface area contributed by atoms with Crippen molar-refractivity contribution in [2.24, 2.45) is 18.9 Å². The maximum Gasteiger partial charge on any atom is 0.433 e. The number of aryl methyl sites for hydroxylation is 1. The van der Waals surface area contributed by atoms with E-state index in [1.807, 2.05) is 18.2 Å². The van der Waals surface area contributed by atoms with E-state index >= 15 is 0 Å². The van der Waals surface area contributed by atoms with E-state index in [1.165, 1.54) is 12.6 Å². The van der Waals surface area contributed by atoms with Crippen molar-refractivity contribution < 1.29 is 18.0 Å². The number of nitrogens with zero attached hydrogens (tertiary/aromatic N) is 4.